The molecular weight excluding hydrogens is 547 g/mol. The number of thiocarbonyl (C=S) groups is 1. The summed E-state index contributed by atoms with van der Waals surface area (Å²) in [6.45, 7) is 1.99. The highest BCUT2D eigenvalue weighted by Crippen LogP contribution is 2.30. The monoisotopic (exact) mass is 571 g/mol. The van der Waals surface area contributed by atoms with Crippen LogP contribution in [-0.2, 0) is 20.9 Å². The van der Waals surface area contributed by atoms with Crippen LogP contribution in [0, 0.1) is 0 Å². The molecule has 0 spiro atoms. The van der Waals surface area contributed by atoms with E-state index in [0.29, 0.717) is 22.5 Å². The minimum Gasteiger partial charge on any atom is -0.462 e. The second-order valence-corrected chi connectivity index (χ2v) is 9.04. The van der Waals surface area contributed by atoms with E-state index in [4.69, 9.17) is 17.0 Å². The lowest BCUT2D eigenvalue weighted by atomic mass is 10.1. The third-order valence-corrected chi connectivity index (χ3v) is 6.32. The maximum Gasteiger partial charge on any atom is 0.573 e. The standard InChI is InChI=1S/C28H24F3N3O5S/c1-2-38-26(37)19-10-12-20(13-11-19)32-24(35)16-23-25(36)34(21-6-4-3-5-7-21)27(40)33(23)17-18-8-14-22(15-9-18)39-28(29,30)31/h3-15,23H,2,16-17H2,1H3,(H,32,35)/t23-/m0/s1. The molecule has 1 aliphatic heterocycles. The SMILES string of the molecule is CCOC(=O)c1ccc(NC(=O)C[C@H]2C(=O)N(c3ccccc3)C(=S)N2Cc2ccc(OC(F)(F)F)cc2)cc1. The summed E-state index contributed by atoms with van der Waals surface area (Å²) < 4.78 is 46.5. The minimum atomic E-state index is -4.82. The zero-order valence-electron chi connectivity index (χ0n) is 21.2. The molecule has 1 heterocycles. The number of halogens is 3. The minimum absolute atomic E-state index is 0.0619. The van der Waals surface area contributed by atoms with Gasteiger partial charge in [0, 0.05) is 12.2 Å². The van der Waals surface area contributed by atoms with Crippen LogP contribution in [0.2, 0.25) is 0 Å². The van der Waals surface area contributed by atoms with E-state index >= 15 is 0 Å². The van der Waals surface area contributed by atoms with Crippen molar-refractivity contribution in [3.63, 3.8) is 0 Å². The van der Waals surface area contributed by atoms with E-state index in [1.165, 1.54) is 41.3 Å². The molecule has 1 aliphatic rings. The number of ether oxygens (including phenoxy) is 2. The molecule has 8 nitrogen and oxygen atoms in total. The fourth-order valence-electron chi connectivity index (χ4n) is 4.11. The number of carbonyl (C=O) groups excluding carboxylic acids is 3. The van der Waals surface area contributed by atoms with Gasteiger partial charge in [0.05, 0.1) is 24.3 Å². The van der Waals surface area contributed by atoms with Gasteiger partial charge in [-0.25, -0.2) is 4.79 Å². The maximum absolute atomic E-state index is 13.5. The summed E-state index contributed by atoms with van der Waals surface area (Å²) in [5.74, 6) is -1.76. The first-order valence-electron chi connectivity index (χ1n) is 12.2. The highest BCUT2D eigenvalue weighted by atomic mass is 32.1. The molecule has 1 N–H and O–H groups in total. The van der Waals surface area contributed by atoms with E-state index in [1.54, 1.807) is 54.3 Å². The average Bonchev–Trinajstić information content (AvgIpc) is 3.13. The Labute approximate surface area is 233 Å². The van der Waals surface area contributed by atoms with Gasteiger partial charge in [0.2, 0.25) is 5.91 Å². The first-order valence-corrected chi connectivity index (χ1v) is 12.6. The lowest BCUT2D eigenvalue weighted by Gasteiger charge is -2.24. The molecule has 4 rings (SSSR count). The molecule has 2 amide bonds. The van der Waals surface area contributed by atoms with Crippen LogP contribution >= 0.6 is 12.2 Å². The van der Waals surface area contributed by atoms with E-state index in [-0.39, 0.29) is 30.4 Å². The number of nitrogens with one attached hydrogen (secondary N) is 1. The van der Waals surface area contributed by atoms with Crippen molar-refractivity contribution in [1.82, 2.24) is 4.90 Å². The van der Waals surface area contributed by atoms with Crippen molar-refractivity contribution >= 4 is 46.5 Å². The Morgan fingerprint density at radius 2 is 1.62 bits per heavy atom. The van der Waals surface area contributed by atoms with Gasteiger partial charge in [-0.15, -0.1) is 13.2 Å². The molecule has 208 valence electrons. The van der Waals surface area contributed by atoms with E-state index in [9.17, 15) is 27.6 Å². The molecule has 0 bridgehead atoms. The van der Waals surface area contributed by atoms with Crippen LogP contribution in [0.4, 0.5) is 24.5 Å². The predicted molar refractivity (Wildman–Crippen MR) is 145 cm³/mol. The lowest BCUT2D eigenvalue weighted by molar-refractivity contribution is -0.274. The summed E-state index contributed by atoms with van der Waals surface area (Å²) in [4.78, 5) is 41.3. The van der Waals surface area contributed by atoms with Crippen molar-refractivity contribution in [3.8, 4) is 5.75 Å². The number of carbonyl (C=O) groups is 3. The molecule has 0 unspecified atom stereocenters. The largest absolute Gasteiger partial charge is 0.573 e. The summed E-state index contributed by atoms with van der Waals surface area (Å²) in [5, 5.41) is 2.87. The van der Waals surface area contributed by atoms with Crippen LogP contribution in [0.5, 0.6) is 5.75 Å². The summed E-state index contributed by atoms with van der Waals surface area (Å²) in [6, 6.07) is 19.0. The third-order valence-electron chi connectivity index (χ3n) is 5.90. The van der Waals surface area contributed by atoms with Gasteiger partial charge in [-0.1, -0.05) is 30.3 Å². The van der Waals surface area contributed by atoms with Crippen molar-refractivity contribution < 1.29 is 37.0 Å². The molecule has 12 heteroatoms. The van der Waals surface area contributed by atoms with Crippen LogP contribution in [0.15, 0.2) is 78.9 Å². The molecule has 0 radical (unpaired) electrons. The van der Waals surface area contributed by atoms with E-state index in [2.05, 4.69) is 10.1 Å². The Bertz CT molecular complexity index is 1380. The molecule has 40 heavy (non-hydrogen) atoms. The maximum atomic E-state index is 13.5. The van der Waals surface area contributed by atoms with Crippen molar-refractivity contribution in [2.75, 3.05) is 16.8 Å². The number of benzene rings is 3. The van der Waals surface area contributed by atoms with Gasteiger partial charge >= 0.3 is 12.3 Å². The second kappa shape index (κ2) is 12.2. The number of anilines is 2. The number of alkyl halides is 3. The molecule has 3 aromatic carbocycles. The molecular formula is C28H24F3N3O5S. The van der Waals surface area contributed by atoms with Crippen LogP contribution in [-0.4, -0.2) is 46.8 Å². The number of para-hydroxylation sites is 1. The quantitative estimate of drug-likeness (QED) is 0.276. The molecule has 1 fully saturated rings. The Morgan fingerprint density at radius 3 is 2.23 bits per heavy atom. The van der Waals surface area contributed by atoms with Crippen LogP contribution in [0.25, 0.3) is 0 Å². The van der Waals surface area contributed by atoms with Crippen LogP contribution < -0.4 is 15.0 Å². The lowest BCUT2D eigenvalue weighted by Crippen LogP contribution is -2.37. The third kappa shape index (κ3) is 6.94. The topological polar surface area (TPSA) is 88.2 Å². The highest BCUT2D eigenvalue weighted by molar-refractivity contribution is 7.80. The molecule has 0 saturated carbocycles. The van der Waals surface area contributed by atoms with Gasteiger partial charge < -0.3 is 19.7 Å². The molecule has 0 aliphatic carbocycles. The van der Waals surface area contributed by atoms with E-state index in [0.717, 1.165) is 0 Å². The highest BCUT2D eigenvalue weighted by Gasteiger charge is 2.44. The van der Waals surface area contributed by atoms with Gasteiger partial charge in [0.1, 0.15) is 11.8 Å². The fourth-order valence-corrected chi connectivity index (χ4v) is 4.50. The summed E-state index contributed by atoms with van der Waals surface area (Å²) >= 11 is 5.62. The molecule has 0 aromatic heterocycles. The molecule has 3 aromatic rings. The number of rotatable bonds is 9. The molecule has 1 atom stereocenters. The zero-order chi connectivity index (χ0) is 28.9. The first-order chi connectivity index (χ1) is 19.1. The van der Waals surface area contributed by atoms with Crippen LogP contribution in [0.1, 0.15) is 29.3 Å². The summed E-state index contributed by atoms with van der Waals surface area (Å²) in [7, 11) is 0. The fraction of sp³-hybridized carbons (Fsp3) is 0.214. The molecule has 1 saturated heterocycles. The number of amides is 2. The Hall–Kier alpha value is -4.45. The number of hydrogen-bond acceptors (Lipinski definition) is 6. The van der Waals surface area contributed by atoms with Crippen LogP contribution in [0.3, 0.4) is 0 Å². The first kappa shape index (κ1) is 28.6. The van der Waals surface area contributed by atoms with Crippen molar-refractivity contribution in [2.45, 2.75) is 32.3 Å². The number of hydrogen-bond donors (Lipinski definition) is 1. The van der Waals surface area contributed by atoms with Gasteiger partial charge in [0.15, 0.2) is 5.11 Å². The van der Waals surface area contributed by atoms with Crippen molar-refractivity contribution in [1.29, 1.82) is 0 Å². The van der Waals surface area contributed by atoms with E-state index in [1.807, 2.05) is 0 Å². The van der Waals surface area contributed by atoms with Crippen molar-refractivity contribution in [3.05, 3.63) is 90.0 Å². The summed E-state index contributed by atoms with van der Waals surface area (Å²) in [5.41, 5.74) is 1.82. The van der Waals surface area contributed by atoms with Gasteiger partial charge in [0.25, 0.3) is 5.91 Å². The van der Waals surface area contributed by atoms with Gasteiger partial charge in [-0.05, 0) is 73.2 Å². The smallest absolute Gasteiger partial charge is 0.462 e. The van der Waals surface area contributed by atoms with E-state index < -0.39 is 30.2 Å². The van der Waals surface area contributed by atoms with Gasteiger partial charge in [-0.3, -0.25) is 14.5 Å². The Kier molecular flexibility index (Phi) is 8.68. The predicted octanol–water partition coefficient (Wildman–Crippen LogP) is 5.29. The Balaban J connectivity index is 1.52. The van der Waals surface area contributed by atoms with Crippen molar-refractivity contribution in [2.24, 2.45) is 0 Å². The zero-order valence-corrected chi connectivity index (χ0v) is 22.0. The van der Waals surface area contributed by atoms with Gasteiger partial charge in [-0.2, -0.15) is 0 Å². The normalized spacial score (nSPS) is 15.2. The average molecular weight is 572 g/mol. The number of esters is 1. The summed E-state index contributed by atoms with van der Waals surface area (Å²) in [6.07, 6.45) is -5.07. The number of nitrogens with zero attached hydrogens (tertiary/aromatic N) is 2. The second-order valence-electron chi connectivity index (χ2n) is 8.68. The Morgan fingerprint density at radius 1 is 0.975 bits per heavy atom.